The first-order valence-electron chi connectivity index (χ1n) is 10.1. The molecule has 1 saturated heterocycles. The lowest BCUT2D eigenvalue weighted by Gasteiger charge is -2.20. The summed E-state index contributed by atoms with van der Waals surface area (Å²) < 4.78 is 26.0. The van der Waals surface area contributed by atoms with E-state index < -0.39 is 24.4 Å². The van der Waals surface area contributed by atoms with Crippen LogP contribution in [0.2, 0.25) is 0 Å². The summed E-state index contributed by atoms with van der Waals surface area (Å²) in [5.41, 5.74) is 0.941. The fourth-order valence-corrected chi connectivity index (χ4v) is 3.45. The van der Waals surface area contributed by atoms with E-state index in [1.807, 2.05) is 0 Å². The quantitative estimate of drug-likeness (QED) is 0.570. The highest BCUT2D eigenvalue weighted by Crippen LogP contribution is 2.36. The van der Waals surface area contributed by atoms with Crippen molar-refractivity contribution in [2.75, 3.05) is 51.8 Å². The van der Waals surface area contributed by atoms with Gasteiger partial charge in [0.25, 0.3) is 5.91 Å². The van der Waals surface area contributed by atoms with E-state index in [0.717, 1.165) is 0 Å². The van der Waals surface area contributed by atoms with Crippen LogP contribution in [0, 0.1) is 5.92 Å². The summed E-state index contributed by atoms with van der Waals surface area (Å²) in [5.74, 6) is -0.109. The number of amides is 2. The fourth-order valence-electron chi connectivity index (χ4n) is 3.45. The van der Waals surface area contributed by atoms with Crippen molar-refractivity contribution in [2.45, 2.75) is 6.42 Å². The van der Waals surface area contributed by atoms with Crippen LogP contribution < -0.4 is 29.2 Å². The van der Waals surface area contributed by atoms with Gasteiger partial charge in [-0.3, -0.25) is 14.4 Å². The minimum absolute atomic E-state index is 0.0259. The molecule has 1 fully saturated rings. The molecule has 10 nitrogen and oxygen atoms in total. The molecule has 1 heterocycles. The third-order valence-electron chi connectivity index (χ3n) is 5.16. The number of rotatable bonds is 9. The number of methoxy groups -OCH3 is 4. The Morgan fingerprint density at radius 2 is 1.58 bits per heavy atom. The van der Waals surface area contributed by atoms with Gasteiger partial charge in [-0.05, 0) is 24.3 Å². The fraction of sp³-hybridized carbons (Fsp3) is 0.348. The lowest BCUT2D eigenvalue weighted by molar-refractivity contribution is -0.151. The zero-order valence-electron chi connectivity index (χ0n) is 18.9. The van der Waals surface area contributed by atoms with Gasteiger partial charge in [0.15, 0.2) is 6.61 Å². The maximum absolute atomic E-state index is 12.5. The number of nitrogens with one attached hydrogen (secondary N) is 1. The number of hydrogen-bond donors (Lipinski definition) is 1. The van der Waals surface area contributed by atoms with Crippen LogP contribution in [-0.2, 0) is 19.1 Å². The smallest absolute Gasteiger partial charge is 0.311 e. The summed E-state index contributed by atoms with van der Waals surface area (Å²) in [6, 6.07) is 9.96. The predicted molar refractivity (Wildman–Crippen MR) is 119 cm³/mol. The first kappa shape index (κ1) is 23.7. The molecular weight excluding hydrogens is 432 g/mol. The lowest BCUT2D eigenvalue weighted by Crippen LogP contribution is -2.28. The van der Waals surface area contributed by atoms with Crippen molar-refractivity contribution < 1.29 is 38.1 Å². The van der Waals surface area contributed by atoms with Gasteiger partial charge in [0.1, 0.15) is 23.0 Å². The maximum Gasteiger partial charge on any atom is 0.311 e. The highest BCUT2D eigenvalue weighted by Gasteiger charge is 2.37. The molecule has 0 aromatic heterocycles. The lowest BCUT2D eigenvalue weighted by atomic mass is 10.1. The predicted octanol–water partition coefficient (Wildman–Crippen LogP) is 2.26. The van der Waals surface area contributed by atoms with Crippen LogP contribution in [0.5, 0.6) is 23.0 Å². The number of carbonyl (C=O) groups excluding carboxylic acids is 3. The Labute approximate surface area is 191 Å². The minimum Gasteiger partial charge on any atom is -0.497 e. The summed E-state index contributed by atoms with van der Waals surface area (Å²) in [5, 5.41) is 2.63. The number of esters is 1. The molecule has 3 rings (SSSR count). The average molecular weight is 458 g/mol. The topological polar surface area (TPSA) is 113 Å². The van der Waals surface area contributed by atoms with Crippen molar-refractivity contribution in [3.8, 4) is 23.0 Å². The van der Waals surface area contributed by atoms with Crippen LogP contribution in [0.1, 0.15) is 6.42 Å². The molecule has 1 atom stereocenters. The molecule has 1 aliphatic heterocycles. The third kappa shape index (κ3) is 5.46. The van der Waals surface area contributed by atoms with E-state index in [9.17, 15) is 14.4 Å². The molecule has 1 aliphatic rings. The molecule has 0 spiro atoms. The molecule has 0 radical (unpaired) electrons. The normalized spacial score (nSPS) is 15.1. The summed E-state index contributed by atoms with van der Waals surface area (Å²) in [4.78, 5) is 38.8. The van der Waals surface area contributed by atoms with E-state index in [2.05, 4.69) is 5.32 Å². The van der Waals surface area contributed by atoms with E-state index >= 15 is 0 Å². The number of benzene rings is 2. The van der Waals surface area contributed by atoms with Crippen LogP contribution >= 0.6 is 0 Å². The molecule has 2 amide bonds. The van der Waals surface area contributed by atoms with Gasteiger partial charge in [-0.15, -0.1) is 0 Å². The first-order valence-corrected chi connectivity index (χ1v) is 10.1. The number of carbonyl (C=O) groups is 3. The summed E-state index contributed by atoms with van der Waals surface area (Å²) in [6.45, 7) is -0.376. The zero-order valence-corrected chi connectivity index (χ0v) is 18.9. The van der Waals surface area contributed by atoms with Crippen molar-refractivity contribution in [3.05, 3.63) is 36.4 Å². The molecule has 176 valence electrons. The number of anilines is 2. The van der Waals surface area contributed by atoms with Gasteiger partial charge in [-0.25, -0.2) is 0 Å². The Hall–Kier alpha value is -3.95. The van der Waals surface area contributed by atoms with Gasteiger partial charge >= 0.3 is 5.97 Å². The standard InChI is InChI=1S/C23H26N2O8/c1-29-15-5-7-17(19(10-15)31-3)24-21(26)13-33-23(28)14-9-22(27)25(12-14)18-8-6-16(30-2)11-20(18)32-4/h5-8,10-11,14H,9,12-13H2,1-4H3,(H,24,26)/t14-/m1/s1. The average Bonchev–Trinajstić information content (AvgIpc) is 3.23. The van der Waals surface area contributed by atoms with Gasteiger partial charge < -0.3 is 33.9 Å². The maximum atomic E-state index is 12.5. The molecule has 0 aliphatic carbocycles. The summed E-state index contributed by atoms with van der Waals surface area (Å²) in [6.07, 6.45) is -0.0259. The van der Waals surface area contributed by atoms with Crippen LogP contribution in [-0.4, -0.2) is 59.4 Å². The number of nitrogens with zero attached hydrogens (tertiary/aromatic N) is 1. The molecule has 2 aromatic rings. The molecule has 2 aromatic carbocycles. The monoisotopic (exact) mass is 458 g/mol. The second kappa shape index (κ2) is 10.6. The van der Waals surface area contributed by atoms with Gasteiger partial charge in [0.05, 0.1) is 45.7 Å². The number of hydrogen-bond acceptors (Lipinski definition) is 8. The second-order valence-corrected chi connectivity index (χ2v) is 7.17. The Morgan fingerprint density at radius 3 is 2.21 bits per heavy atom. The van der Waals surface area contributed by atoms with Crippen molar-refractivity contribution in [1.29, 1.82) is 0 Å². The molecule has 1 N–H and O–H groups in total. The van der Waals surface area contributed by atoms with Gasteiger partial charge in [-0.2, -0.15) is 0 Å². The first-order chi connectivity index (χ1) is 15.9. The van der Waals surface area contributed by atoms with Crippen LogP contribution in [0.4, 0.5) is 11.4 Å². The Morgan fingerprint density at radius 1 is 0.939 bits per heavy atom. The minimum atomic E-state index is -0.701. The van der Waals surface area contributed by atoms with E-state index in [4.69, 9.17) is 23.7 Å². The highest BCUT2D eigenvalue weighted by molar-refractivity contribution is 6.01. The van der Waals surface area contributed by atoms with Crippen LogP contribution in [0.3, 0.4) is 0 Å². The van der Waals surface area contributed by atoms with Crippen molar-refractivity contribution in [3.63, 3.8) is 0 Å². The van der Waals surface area contributed by atoms with Gasteiger partial charge in [0, 0.05) is 25.1 Å². The summed E-state index contributed by atoms with van der Waals surface area (Å²) in [7, 11) is 6.00. The second-order valence-electron chi connectivity index (χ2n) is 7.17. The number of ether oxygens (including phenoxy) is 5. The largest absolute Gasteiger partial charge is 0.497 e. The Balaban J connectivity index is 1.58. The highest BCUT2D eigenvalue weighted by atomic mass is 16.5. The Kier molecular flexibility index (Phi) is 7.60. The van der Waals surface area contributed by atoms with E-state index in [-0.39, 0.29) is 18.9 Å². The van der Waals surface area contributed by atoms with E-state index in [1.165, 1.54) is 33.3 Å². The molecule has 0 saturated carbocycles. The van der Waals surface area contributed by atoms with Gasteiger partial charge in [0.2, 0.25) is 5.91 Å². The van der Waals surface area contributed by atoms with Crippen LogP contribution in [0.15, 0.2) is 36.4 Å². The third-order valence-corrected chi connectivity index (χ3v) is 5.16. The van der Waals surface area contributed by atoms with Crippen molar-refractivity contribution in [1.82, 2.24) is 0 Å². The summed E-state index contributed by atoms with van der Waals surface area (Å²) >= 11 is 0. The molecule has 0 unspecified atom stereocenters. The molecule has 33 heavy (non-hydrogen) atoms. The van der Waals surface area contributed by atoms with Crippen LogP contribution in [0.25, 0.3) is 0 Å². The van der Waals surface area contributed by atoms with Crippen molar-refractivity contribution in [2.24, 2.45) is 5.92 Å². The van der Waals surface area contributed by atoms with E-state index in [1.54, 1.807) is 36.4 Å². The van der Waals surface area contributed by atoms with Crippen molar-refractivity contribution >= 4 is 29.2 Å². The van der Waals surface area contributed by atoms with E-state index in [0.29, 0.717) is 34.4 Å². The zero-order chi connectivity index (χ0) is 24.0. The SMILES string of the molecule is COc1ccc(NC(=O)COC(=O)[C@@H]2CC(=O)N(c3ccc(OC)cc3OC)C2)c(OC)c1. The Bertz CT molecular complexity index is 1040. The van der Waals surface area contributed by atoms with Gasteiger partial charge in [-0.1, -0.05) is 0 Å². The molecule has 10 heteroatoms. The molecular formula is C23H26N2O8. The molecule has 0 bridgehead atoms.